The number of nitrogens with zero attached hydrogens (tertiary/aromatic N) is 1. The van der Waals surface area contributed by atoms with Gasteiger partial charge in [0.05, 0.1) is 10.5 Å². The highest BCUT2D eigenvalue weighted by molar-refractivity contribution is 8.26. The van der Waals surface area contributed by atoms with E-state index in [1.165, 1.54) is 12.1 Å². The van der Waals surface area contributed by atoms with Crippen molar-refractivity contribution in [3.8, 4) is 11.3 Å². The molecule has 0 bridgehead atoms. The number of hydrogen-bond donors (Lipinski definition) is 1. The topological polar surface area (TPSA) is 70.8 Å². The number of carboxylic acid groups (broad SMARTS) is 1. The lowest BCUT2D eigenvalue weighted by Crippen LogP contribution is -2.43. The third kappa shape index (κ3) is 3.96. The number of thioether (sulfide) groups is 1. The van der Waals surface area contributed by atoms with Crippen molar-refractivity contribution in [2.45, 2.75) is 25.8 Å². The van der Waals surface area contributed by atoms with E-state index in [2.05, 4.69) is 0 Å². The number of halogens is 1. The molecule has 1 N–H and O–H groups in total. The molecule has 1 aromatic heterocycles. The van der Waals surface area contributed by atoms with Gasteiger partial charge in [0.1, 0.15) is 27.7 Å². The Bertz CT molecular complexity index is 937. The van der Waals surface area contributed by atoms with Crippen LogP contribution in [0.5, 0.6) is 0 Å². The number of carboxylic acids is 1. The number of carbonyl (C=O) groups is 2. The molecule has 1 aliphatic heterocycles. The Kier molecular flexibility index (Phi) is 5.76. The zero-order valence-corrected chi connectivity index (χ0v) is 16.0. The molecule has 1 amide bonds. The average molecular weight is 405 g/mol. The highest BCUT2D eigenvalue weighted by Crippen LogP contribution is 2.35. The molecule has 140 valence electrons. The van der Waals surface area contributed by atoms with Gasteiger partial charge in [-0.15, -0.1) is 0 Å². The van der Waals surface area contributed by atoms with E-state index in [0.29, 0.717) is 29.9 Å². The van der Waals surface area contributed by atoms with E-state index in [1.54, 1.807) is 30.3 Å². The SMILES string of the molecule is CCC[C@@H](C(=O)O)N1C(=O)/C(=C\c2ccc(-c3ccccc3F)o2)SC1=S. The molecule has 27 heavy (non-hydrogen) atoms. The summed E-state index contributed by atoms with van der Waals surface area (Å²) in [5, 5.41) is 9.40. The summed E-state index contributed by atoms with van der Waals surface area (Å²) in [6.07, 6.45) is 2.42. The van der Waals surface area contributed by atoms with Gasteiger partial charge in [0.25, 0.3) is 5.91 Å². The summed E-state index contributed by atoms with van der Waals surface area (Å²) >= 11 is 6.23. The molecule has 2 heterocycles. The number of aliphatic carboxylic acids is 1. The first-order valence-corrected chi connectivity index (χ1v) is 9.49. The minimum atomic E-state index is -1.09. The lowest BCUT2D eigenvalue weighted by atomic mass is 10.1. The van der Waals surface area contributed by atoms with E-state index in [1.807, 2.05) is 6.92 Å². The quantitative estimate of drug-likeness (QED) is 0.562. The van der Waals surface area contributed by atoms with Crippen LogP contribution in [-0.2, 0) is 9.59 Å². The Morgan fingerprint density at radius 3 is 2.78 bits per heavy atom. The third-order valence-corrected chi connectivity index (χ3v) is 5.35. The largest absolute Gasteiger partial charge is 0.480 e. The van der Waals surface area contributed by atoms with E-state index in [-0.39, 0.29) is 9.23 Å². The second-order valence-corrected chi connectivity index (χ2v) is 7.55. The van der Waals surface area contributed by atoms with Gasteiger partial charge in [-0.1, -0.05) is 49.5 Å². The van der Waals surface area contributed by atoms with Crippen molar-refractivity contribution < 1.29 is 23.5 Å². The Hall–Kier alpha value is -2.45. The molecule has 1 atom stereocenters. The molecule has 8 heteroatoms. The second kappa shape index (κ2) is 8.06. The molecule has 1 fully saturated rings. The Balaban J connectivity index is 1.86. The summed E-state index contributed by atoms with van der Waals surface area (Å²) in [5.41, 5.74) is 0.318. The van der Waals surface area contributed by atoms with Crippen LogP contribution in [0, 0.1) is 5.82 Å². The predicted octanol–water partition coefficient (Wildman–Crippen LogP) is 4.54. The second-order valence-electron chi connectivity index (χ2n) is 5.88. The maximum Gasteiger partial charge on any atom is 0.326 e. The van der Waals surface area contributed by atoms with Crippen LogP contribution >= 0.6 is 24.0 Å². The number of rotatable bonds is 6. The maximum absolute atomic E-state index is 13.9. The van der Waals surface area contributed by atoms with Crippen LogP contribution in [0.1, 0.15) is 25.5 Å². The molecule has 0 spiro atoms. The minimum Gasteiger partial charge on any atom is -0.480 e. The number of furan rings is 1. The molecule has 0 unspecified atom stereocenters. The molecule has 0 saturated carbocycles. The Morgan fingerprint density at radius 2 is 2.11 bits per heavy atom. The van der Waals surface area contributed by atoms with Gasteiger partial charge in [-0.3, -0.25) is 9.69 Å². The monoisotopic (exact) mass is 405 g/mol. The molecular formula is C19H16FNO4S2. The van der Waals surface area contributed by atoms with Crippen molar-refractivity contribution in [1.82, 2.24) is 4.90 Å². The lowest BCUT2D eigenvalue weighted by molar-refractivity contribution is -0.145. The summed E-state index contributed by atoms with van der Waals surface area (Å²) in [6, 6.07) is 8.47. The number of amides is 1. The normalized spacial score (nSPS) is 17.0. The lowest BCUT2D eigenvalue weighted by Gasteiger charge is -2.22. The van der Waals surface area contributed by atoms with E-state index < -0.39 is 23.7 Å². The summed E-state index contributed by atoms with van der Waals surface area (Å²) in [7, 11) is 0. The zero-order valence-electron chi connectivity index (χ0n) is 14.3. The van der Waals surface area contributed by atoms with Gasteiger partial charge >= 0.3 is 5.97 Å². The Labute approximate surface area is 164 Å². The van der Waals surface area contributed by atoms with Crippen LogP contribution in [0.3, 0.4) is 0 Å². The molecule has 0 radical (unpaired) electrons. The van der Waals surface area contributed by atoms with Crippen molar-refractivity contribution in [2.75, 3.05) is 0 Å². The standard InChI is InChI=1S/C19H16FNO4S2/c1-2-5-14(18(23)24)21-17(22)16(27-19(21)26)10-11-8-9-15(25-11)12-6-3-4-7-13(12)20/h3-4,6-10,14H,2,5H2,1H3,(H,23,24)/b16-10+/t14-/m0/s1. The molecule has 5 nitrogen and oxygen atoms in total. The van der Waals surface area contributed by atoms with Gasteiger partial charge < -0.3 is 9.52 Å². The van der Waals surface area contributed by atoms with E-state index >= 15 is 0 Å². The summed E-state index contributed by atoms with van der Waals surface area (Å²) in [5.74, 6) is -1.27. The average Bonchev–Trinajstić information content (AvgIpc) is 3.19. The minimum absolute atomic E-state index is 0.202. The molecule has 0 aliphatic carbocycles. The van der Waals surface area contributed by atoms with E-state index in [0.717, 1.165) is 16.7 Å². The van der Waals surface area contributed by atoms with Crippen LogP contribution in [0.25, 0.3) is 17.4 Å². The fraction of sp³-hybridized carbons (Fsp3) is 0.211. The predicted molar refractivity (Wildman–Crippen MR) is 105 cm³/mol. The summed E-state index contributed by atoms with van der Waals surface area (Å²) in [4.78, 5) is 25.6. The summed E-state index contributed by atoms with van der Waals surface area (Å²) < 4.78 is 19.7. The molecule has 1 aliphatic rings. The maximum atomic E-state index is 13.9. The zero-order chi connectivity index (χ0) is 19.6. The molecule has 3 rings (SSSR count). The smallest absolute Gasteiger partial charge is 0.326 e. The molecule has 1 aromatic carbocycles. The first kappa shape index (κ1) is 19.3. The van der Waals surface area contributed by atoms with Crippen molar-refractivity contribution in [3.05, 3.63) is 52.9 Å². The van der Waals surface area contributed by atoms with Crippen molar-refractivity contribution in [1.29, 1.82) is 0 Å². The van der Waals surface area contributed by atoms with Crippen LogP contribution in [0.15, 0.2) is 45.7 Å². The van der Waals surface area contributed by atoms with Crippen molar-refractivity contribution in [2.24, 2.45) is 0 Å². The van der Waals surface area contributed by atoms with Crippen LogP contribution in [-0.4, -0.2) is 32.2 Å². The summed E-state index contributed by atoms with van der Waals surface area (Å²) in [6.45, 7) is 1.84. The fourth-order valence-electron chi connectivity index (χ4n) is 2.75. The molecule has 1 saturated heterocycles. The van der Waals surface area contributed by atoms with Gasteiger partial charge in [0.15, 0.2) is 0 Å². The third-order valence-electron chi connectivity index (χ3n) is 4.02. The van der Waals surface area contributed by atoms with Crippen LogP contribution in [0.2, 0.25) is 0 Å². The van der Waals surface area contributed by atoms with Gasteiger partial charge in [0.2, 0.25) is 0 Å². The van der Waals surface area contributed by atoms with Gasteiger partial charge in [-0.2, -0.15) is 0 Å². The van der Waals surface area contributed by atoms with E-state index in [9.17, 15) is 19.1 Å². The van der Waals surface area contributed by atoms with Gasteiger partial charge in [0, 0.05) is 6.08 Å². The van der Waals surface area contributed by atoms with Crippen molar-refractivity contribution in [3.63, 3.8) is 0 Å². The first-order valence-electron chi connectivity index (χ1n) is 8.27. The molecule has 2 aromatic rings. The number of thiocarbonyl (C=S) groups is 1. The van der Waals surface area contributed by atoms with Gasteiger partial charge in [-0.25, -0.2) is 9.18 Å². The first-order chi connectivity index (χ1) is 12.9. The number of hydrogen-bond acceptors (Lipinski definition) is 5. The van der Waals surface area contributed by atoms with Crippen LogP contribution < -0.4 is 0 Å². The molecular weight excluding hydrogens is 389 g/mol. The Morgan fingerprint density at radius 1 is 1.37 bits per heavy atom. The van der Waals surface area contributed by atoms with Crippen molar-refractivity contribution >= 4 is 46.3 Å². The highest BCUT2D eigenvalue weighted by Gasteiger charge is 2.40. The number of carbonyl (C=O) groups excluding carboxylic acids is 1. The number of benzene rings is 1. The highest BCUT2D eigenvalue weighted by atomic mass is 32.2. The van der Waals surface area contributed by atoms with Gasteiger partial charge in [-0.05, 0) is 30.7 Å². The van der Waals surface area contributed by atoms with Crippen LogP contribution in [0.4, 0.5) is 4.39 Å². The van der Waals surface area contributed by atoms with E-state index in [4.69, 9.17) is 16.6 Å². The fourth-order valence-corrected chi connectivity index (χ4v) is 4.09.